The first-order valence-electron chi connectivity index (χ1n) is 5.82. The van der Waals surface area contributed by atoms with Crippen molar-refractivity contribution in [1.82, 2.24) is 9.80 Å². The lowest BCUT2D eigenvalue weighted by Crippen LogP contribution is -2.33. The van der Waals surface area contributed by atoms with E-state index in [0.29, 0.717) is 9.80 Å². The summed E-state index contributed by atoms with van der Waals surface area (Å²) in [6, 6.07) is 2.82. The fourth-order valence-electron chi connectivity index (χ4n) is 1.53. The third-order valence-corrected chi connectivity index (χ3v) is 2.57. The molecule has 1 rings (SSSR count). The maximum absolute atomic E-state index is 11.1. The minimum atomic E-state index is -1.42. The van der Waals surface area contributed by atoms with E-state index in [1.165, 1.54) is 12.1 Å². The summed E-state index contributed by atoms with van der Waals surface area (Å²) in [4.78, 5) is 45.0. The van der Waals surface area contributed by atoms with Gasteiger partial charge in [0.25, 0.3) is 0 Å². The van der Waals surface area contributed by atoms with Crippen LogP contribution in [0.2, 0.25) is 0 Å². The van der Waals surface area contributed by atoms with Crippen LogP contribution in [0.25, 0.3) is 0 Å². The Hall–Kier alpha value is -2.84. The summed E-state index contributed by atoms with van der Waals surface area (Å²) >= 11 is 0. The van der Waals surface area contributed by atoms with Gasteiger partial charge in [0.1, 0.15) is 11.5 Å². The van der Waals surface area contributed by atoms with Crippen molar-refractivity contribution in [2.45, 2.75) is 26.9 Å². The molecule has 4 amide bonds. The highest BCUT2D eigenvalue weighted by molar-refractivity contribution is 5.90. The minimum absolute atomic E-state index is 0.163. The summed E-state index contributed by atoms with van der Waals surface area (Å²) in [6.45, 7) is 1.61. The monoisotopic (exact) mass is 298 g/mol. The second-order valence-electron chi connectivity index (χ2n) is 4.14. The van der Waals surface area contributed by atoms with Crippen LogP contribution in [0.15, 0.2) is 16.5 Å². The number of hydrogen-bond donors (Lipinski definition) is 2. The molecule has 1 aromatic rings. The van der Waals surface area contributed by atoms with Crippen molar-refractivity contribution in [2.24, 2.45) is 0 Å². The first-order valence-corrected chi connectivity index (χ1v) is 5.82. The fraction of sp³-hybridized carbons (Fsp3) is 0.333. The number of amides is 4. The number of hydrogen-bond acceptors (Lipinski definition) is 5. The van der Waals surface area contributed by atoms with E-state index >= 15 is 0 Å². The van der Waals surface area contributed by atoms with Crippen molar-refractivity contribution in [3.05, 3.63) is 23.7 Å². The van der Waals surface area contributed by atoms with Gasteiger partial charge in [-0.05, 0) is 12.1 Å². The second-order valence-corrected chi connectivity index (χ2v) is 4.14. The second kappa shape index (κ2) is 6.55. The minimum Gasteiger partial charge on any atom is -0.465 e. The fourth-order valence-corrected chi connectivity index (χ4v) is 1.53. The van der Waals surface area contributed by atoms with Crippen LogP contribution in [0.4, 0.5) is 9.59 Å². The molecule has 2 N–H and O–H groups in total. The molecule has 0 radical (unpaired) electrons. The number of carbonyl (C=O) groups is 4. The molecule has 0 fully saturated rings. The van der Waals surface area contributed by atoms with Crippen molar-refractivity contribution in [3.8, 4) is 0 Å². The number of carboxylic acid groups (broad SMARTS) is 2. The predicted octanol–water partition coefficient (Wildman–Crippen LogP) is 1.33. The third-order valence-electron chi connectivity index (χ3n) is 2.57. The molecule has 0 unspecified atom stereocenters. The van der Waals surface area contributed by atoms with Crippen molar-refractivity contribution in [1.29, 1.82) is 0 Å². The molecule has 0 saturated heterocycles. The molecule has 0 aliphatic heterocycles. The van der Waals surface area contributed by atoms with E-state index in [1.807, 2.05) is 0 Å². The maximum atomic E-state index is 11.1. The Balaban J connectivity index is 2.81. The summed E-state index contributed by atoms with van der Waals surface area (Å²) in [5, 5.41) is 17.7. The summed E-state index contributed by atoms with van der Waals surface area (Å²) in [7, 11) is 0. The normalized spacial score (nSPS) is 10.0. The van der Waals surface area contributed by atoms with Crippen LogP contribution in [0.5, 0.6) is 0 Å². The maximum Gasteiger partial charge on any atom is 0.414 e. The van der Waals surface area contributed by atoms with E-state index in [-0.39, 0.29) is 24.6 Å². The Bertz CT molecular complexity index is 501. The molecule has 9 nitrogen and oxygen atoms in total. The highest BCUT2D eigenvalue weighted by Gasteiger charge is 2.21. The van der Waals surface area contributed by atoms with Crippen molar-refractivity contribution < 1.29 is 33.8 Å². The van der Waals surface area contributed by atoms with E-state index in [2.05, 4.69) is 0 Å². The zero-order chi connectivity index (χ0) is 16.2. The van der Waals surface area contributed by atoms with Gasteiger partial charge in [-0.1, -0.05) is 0 Å². The van der Waals surface area contributed by atoms with Crippen molar-refractivity contribution in [2.75, 3.05) is 0 Å². The largest absolute Gasteiger partial charge is 0.465 e. The van der Waals surface area contributed by atoms with Crippen LogP contribution >= 0.6 is 0 Å². The molecule has 1 heterocycles. The molecule has 0 aliphatic carbocycles. The lowest BCUT2D eigenvalue weighted by Gasteiger charge is -2.14. The summed E-state index contributed by atoms with van der Waals surface area (Å²) in [5.74, 6) is -1.01. The average Bonchev–Trinajstić information content (AvgIpc) is 2.79. The van der Waals surface area contributed by atoms with E-state index in [4.69, 9.17) is 14.6 Å². The van der Waals surface area contributed by atoms with Crippen LogP contribution in [0, 0.1) is 0 Å². The van der Waals surface area contributed by atoms with E-state index in [0.717, 1.165) is 13.8 Å². The zero-order valence-corrected chi connectivity index (χ0v) is 11.4. The first-order chi connectivity index (χ1) is 9.72. The van der Waals surface area contributed by atoms with Crippen LogP contribution < -0.4 is 0 Å². The van der Waals surface area contributed by atoms with Crippen LogP contribution in [0.1, 0.15) is 25.4 Å². The van der Waals surface area contributed by atoms with Gasteiger partial charge in [-0.3, -0.25) is 9.59 Å². The van der Waals surface area contributed by atoms with Crippen LogP contribution in [-0.2, 0) is 22.7 Å². The standard InChI is InChI=1S/C12H14N2O7/c1-7(15)13(11(17)18)5-9-3-4-10(21-9)6-14(8(2)16)12(19)20/h3-4H,5-6H2,1-2H3,(H,17,18)(H,19,20). The first kappa shape index (κ1) is 16.2. The quantitative estimate of drug-likeness (QED) is 0.857. The Morgan fingerprint density at radius 2 is 1.24 bits per heavy atom. The number of imide groups is 2. The molecule has 0 spiro atoms. The number of rotatable bonds is 4. The Kier molecular flexibility index (Phi) is 5.06. The van der Waals surface area contributed by atoms with Crippen LogP contribution in [0.3, 0.4) is 0 Å². The molecule has 0 atom stereocenters. The Morgan fingerprint density at radius 1 is 0.905 bits per heavy atom. The van der Waals surface area contributed by atoms with Crippen LogP contribution in [-0.4, -0.2) is 44.0 Å². The number of carbonyl (C=O) groups excluding carboxylic acids is 2. The van der Waals surface area contributed by atoms with Gasteiger partial charge in [-0.15, -0.1) is 0 Å². The molecular formula is C12H14N2O7. The predicted molar refractivity (Wildman–Crippen MR) is 67.2 cm³/mol. The molecule has 1 aromatic heterocycles. The van der Waals surface area contributed by atoms with Crippen molar-refractivity contribution >= 4 is 24.0 Å². The van der Waals surface area contributed by atoms with Gasteiger partial charge in [-0.2, -0.15) is 0 Å². The summed E-state index contributed by atoms with van der Waals surface area (Å²) in [6.07, 6.45) is -2.84. The molecule has 0 bridgehead atoms. The Morgan fingerprint density at radius 3 is 1.48 bits per heavy atom. The molecular weight excluding hydrogens is 284 g/mol. The van der Waals surface area contributed by atoms with E-state index < -0.39 is 24.0 Å². The Labute approximate surface area is 119 Å². The van der Waals surface area contributed by atoms with E-state index in [1.54, 1.807) is 0 Å². The summed E-state index contributed by atoms with van der Waals surface area (Å²) in [5.41, 5.74) is 0. The molecule has 21 heavy (non-hydrogen) atoms. The highest BCUT2D eigenvalue weighted by Crippen LogP contribution is 2.13. The molecule has 0 saturated carbocycles. The highest BCUT2D eigenvalue weighted by atomic mass is 16.4. The van der Waals surface area contributed by atoms with Gasteiger partial charge in [0.15, 0.2) is 0 Å². The lowest BCUT2D eigenvalue weighted by molar-refractivity contribution is -0.128. The number of nitrogens with zero attached hydrogens (tertiary/aromatic N) is 2. The third kappa shape index (κ3) is 4.34. The topological polar surface area (TPSA) is 128 Å². The smallest absolute Gasteiger partial charge is 0.414 e. The van der Waals surface area contributed by atoms with Gasteiger partial charge in [0.2, 0.25) is 11.8 Å². The summed E-state index contributed by atoms with van der Waals surface area (Å²) < 4.78 is 5.23. The zero-order valence-electron chi connectivity index (χ0n) is 11.4. The average molecular weight is 298 g/mol. The molecule has 114 valence electrons. The lowest BCUT2D eigenvalue weighted by atomic mass is 10.3. The van der Waals surface area contributed by atoms with E-state index in [9.17, 15) is 19.2 Å². The van der Waals surface area contributed by atoms with Gasteiger partial charge in [0.05, 0.1) is 13.1 Å². The molecule has 0 aromatic carbocycles. The van der Waals surface area contributed by atoms with Gasteiger partial charge >= 0.3 is 12.2 Å². The van der Waals surface area contributed by atoms with Gasteiger partial charge in [0, 0.05) is 13.8 Å². The van der Waals surface area contributed by atoms with Crippen molar-refractivity contribution in [3.63, 3.8) is 0 Å². The molecule has 9 heteroatoms. The molecule has 0 aliphatic rings. The number of furan rings is 1. The van der Waals surface area contributed by atoms with Gasteiger partial charge in [-0.25, -0.2) is 19.4 Å². The SMILES string of the molecule is CC(=O)N(Cc1ccc(CN(C(C)=O)C(=O)O)o1)C(=O)O. The van der Waals surface area contributed by atoms with Gasteiger partial charge < -0.3 is 14.6 Å².